The van der Waals surface area contributed by atoms with Crippen LogP contribution in [0.5, 0.6) is 5.75 Å². The third-order valence-corrected chi connectivity index (χ3v) is 10.1. The standard InChI is InChI=1S/C33H33N3O7S/c1-13-17-11-12-18(34-33-35-25(15(3)44-33)16-9-7-6-8-10-16)27(38)21(17)30(41)23-19(13)28(39)22-24(31(23)42)29(40)20(14(2)37)32(43)26(22)36(4)5/h6-13,19,22,24,26,28,38-39,41,43H,1-5H3,(H,34,35)/t13-,19?,22?,24?,26-,28-/m0/s1. The molecule has 0 radical (unpaired) electrons. The molecule has 5 N–H and O–H groups in total. The number of benzene rings is 2. The molecule has 6 rings (SSSR count). The van der Waals surface area contributed by atoms with Crippen LogP contribution < -0.4 is 5.32 Å². The second-order valence-corrected chi connectivity index (χ2v) is 13.1. The van der Waals surface area contributed by atoms with Crippen LogP contribution in [-0.2, 0) is 14.4 Å². The minimum absolute atomic E-state index is 0.0295. The summed E-state index contributed by atoms with van der Waals surface area (Å²) in [5.41, 5.74) is 1.90. The van der Waals surface area contributed by atoms with E-state index in [2.05, 4.69) is 5.32 Å². The van der Waals surface area contributed by atoms with Crippen LogP contribution in [0.25, 0.3) is 17.0 Å². The van der Waals surface area contributed by atoms with Crippen molar-refractivity contribution in [3.63, 3.8) is 0 Å². The predicted octanol–water partition coefficient (Wildman–Crippen LogP) is 4.66. The zero-order chi connectivity index (χ0) is 31.8. The second-order valence-electron chi connectivity index (χ2n) is 11.9. The highest BCUT2D eigenvalue weighted by Crippen LogP contribution is 2.55. The van der Waals surface area contributed by atoms with Gasteiger partial charge in [0, 0.05) is 27.8 Å². The molecule has 0 bridgehead atoms. The number of aliphatic hydroxyl groups is 3. The Morgan fingerprint density at radius 2 is 1.70 bits per heavy atom. The fourth-order valence-electron chi connectivity index (χ4n) is 7.24. The summed E-state index contributed by atoms with van der Waals surface area (Å²) in [6, 6.07) is 12.1. The lowest BCUT2D eigenvalue weighted by Crippen LogP contribution is -2.61. The van der Waals surface area contributed by atoms with Crippen molar-refractivity contribution in [1.82, 2.24) is 9.88 Å². The van der Waals surface area contributed by atoms with Gasteiger partial charge in [-0.15, -0.1) is 11.3 Å². The first kappa shape index (κ1) is 29.7. The maximum absolute atomic E-state index is 14.1. The van der Waals surface area contributed by atoms with E-state index < -0.39 is 70.3 Å². The number of hydrogen-bond donors (Lipinski definition) is 5. The normalized spacial score (nSPS) is 26.4. The molecule has 3 aromatic rings. The van der Waals surface area contributed by atoms with Crippen LogP contribution in [0.4, 0.5) is 10.8 Å². The Labute approximate surface area is 258 Å². The van der Waals surface area contributed by atoms with E-state index >= 15 is 0 Å². The van der Waals surface area contributed by atoms with E-state index in [0.717, 1.165) is 23.1 Å². The van der Waals surface area contributed by atoms with Crippen LogP contribution >= 0.6 is 11.3 Å². The van der Waals surface area contributed by atoms with Crippen molar-refractivity contribution in [2.24, 2.45) is 17.8 Å². The number of anilines is 2. The van der Waals surface area contributed by atoms with Crippen LogP contribution in [0.3, 0.4) is 0 Å². The molecule has 10 nitrogen and oxygen atoms in total. The molecule has 3 aliphatic rings. The third-order valence-electron chi connectivity index (χ3n) is 9.18. The number of aromatic nitrogens is 1. The molecule has 228 valence electrons. The molecule has 6 atom stereocenters. The predicted molar refractivity (Wildman–Crippen MR) is 166 cm³/mol. The number of allylic oxidation sites excluding steroid dienone is 1. The number of thiazole rings is 1. The first-order chi connectivity index (χ1) is 20.8. The maximum Gasteiger partial charge on any atom is 0.188 e. The van der Waals surface area contributed by atoms with E-state index in [0.29, 0.717) is 10.7 Å². The Hall–Kier alpha value is -4.32. The summed E-state index contributed by atoms with van der Waals surface area (Å²) in [6.45, 7) is 4.86. The summed E-state index contributed by atoms with van der Waals surface area (Å²) in [5, 5.41) is 49.5. The average Bonchev–Trinajstić information content (AvgIpc) is 3.34. The van der Waals surface area contributed by atoms with Gasteiger partial charge in [0.1, 0.15) is 22.8 Å². The Kier molecular flexibility index (Phi) is 7.22. The quantitative estimate of drug-likeness (QED) is 0.155. The van der Waals surface area contributed by atoms with Gasteiger partial charge >= 0.3 is 0 Å². The highest BCUT2D eigenvalue weighted by atomic mass is 32.1. The average molecular weight is 616 g/mol. The monoisotopic (exact) mass is 615 g/mol. The van der Waals surface area contributed by atoms with Gasteiger partial charge in [-0.1, -0.05) is 43.3 Å². The molecule has 1 aromatic heterocycles. The van der Waals surface area contributed by atoms with E-state index in [9.17, 15) is 34.8 Å². The van der Waals surface area contributed by atoms with Crippen LogP contribution in [0.15, 0.2) is 59.4 Å². The summed E-state index contributed by atoms with van der Waals surface area (Å²) in [4.78, 5) is 47.3. The number of aryl methyl sites for hydroxylation is 1. The number of carbonyl (C=O) groups is 3. The molecule has 3 aliphatic carbocycles. The fourth-order valence-corrected chi connectivity index (χ4v) is 8.09. The van der Waals surface area contributed by atoms with Gasteiger partial charge in [0.2, 0.25) is 0 Å². The van der Waals surface area contributed by atoms with Crippen molar-refractivity contribution in [2.75, 3.05) is 19.4 Å². The summed E-state index contributed by atoms with van der Waals surface area (Å²) >= 11 is 1.40. The van der Waals surface area contributed by atoms with Gasteiger partial charge in [0.15, 0.2) is 22.5 Å². The zero-order valence-corrected chi connectivity index (χ0v) is 25.6. The van der Waals surface area contributed by atoms with Gasteiger partial charge in [0.25, 0.3) is 0 Å². The number of aliphatic hydroxyl groups excluding tert-OH is 3. The molecule has 0 spiro atoms. The Morgan fingerprint density at radius 3 is 2.34 bits per heavy atom. The van der Waals surface area contributed by atoms with Gasteiger partial charge in [-0.05, 0) is 45.5 Å². The van der Waals surface area contributed by atoms with Crippen molar-refractivity contribution in [1.29, 1.82) is 0 Å². The Balaban J connectivity index is 1.44. The molecule has 0 saturated heterocycles. The molecule has 0 amide bonds. The molecule has 1 saturated carbocycles. The van der Waals surface area contributed by atoms with E-state index in [-0.39, 0.29) is 22.6 Å². The van der Waals surface area contributed by atoms with Crippen molar-refractivity contribution in [3.8, 4) is 17.0 Å². The first-order valence-electron chi connectivity index (χ1n) is 14.3. The highest BCUT2D eigenvalue weighted by Gasteiger charge is 2.60. The number of phenolic OH excluding ortho intramolecular Hbond substituents is 1. The topological polar surface area (TPSA) is 160 Å². The van der Waals surface area contributed by atoms with Crippen molar-refractivity contribution in [2.45, 2.75) is 38.8 Å². The van der Waals surface area contributed by atoms with Gasteiger partial charge in [0.05, 0.1) is 35.0 Å². The summed E-state index contributed by atoms with van der Waals surface area (Å²) in [7, 11) is 3.26. The van der Waals surface area contributed by atoms with Crippen molar-refractivity contribution in [3.05, 3.63) is 75.4 Å². The van der Waals surface area contributed by atoms with Crippen LogP contribution in [0.2, 0.25) is 0 Å². The number of aromatic hydroxyl groups is 1. The maximum atomic E-state index is 14.1. The number of rotatable bonds is 5. The molecule has 1 heterocycles. The van der Waals surface area contributed by atoms with E-state index in [1.165, 1.54) is 11.3 Å². The van der Waals surface area contributed by atoms with Crippen LogP contribution in [-0.4, -0.2) is 73.9 Å². The largest absolute Gasteiger partial charge is 0.510 e. The van der Waals surface area contributed by atoms with Gasteiger partial charge < -0.3 is 25.7 Å². The van der Waals surface area contributed by atoms with Crippen LogP contribution in [0, 0.1) is 24.7 Å². The number of nitrogens with zero attached hydrogens (tertiary/aromatic N) is 2. The minimum atomic E-state index is -1.49. The van der Waals surface area contributed by atoms with Gasteiger partial charge in [-0.3, -0.25) is 19.3 Å². The summed E-state index contributed by atoms with van der Waals surface area (Å²) < 4.78 is 0. The Morgan fingerprint density at radius 1 is 1.02 bits per heavy atom. The van der Waals surface area contributed by atoms with Gasteiger partial charge in [-0.25, -0.2) is 4.98 Å². The number of nitrogens with one attached hydrogen (secondary N) is 1. The lowest BCUT2D eigenvalue weighted by molar-refractivity contribution is -0.143. The summed E-state index contributed by atoms with van der Waals surface area (Å²) in [6.07, 6.45) is -1.33. The van der Waals surface area contributed by atoms with Crippen LogP contribution in [0.1, 0.15) is 35.8 Å². The zero-order valence-electron chi connectivity index (χ0n) is 24.8. The number of Topliss-reactive ketones (excluding diaryl/α,β-unsaturated/α-hetero) is 3. The Bertz CT molecular complexity index is 1790. The minimum Gasteiger partial charge on any atom is -0.510 e. The van der Waals surface area contributed by atoms with E-state index in [4.69, 9.17) is 4.98 Å². The first-order valence-corrected chi connectivity index (χ1v) is 15.1. The number of fused-ring (bicyclic) bond motifs is 3. The number of hydrogen-bond acceptors (Lipinski definition) is 11. The highest BCUT2D eigenvalue weighted by molar-refractivity contribution is 7.16. The van der Waals surface area contributed by atoms with Crippen molar-refractivity contribution < 1.29 is 34.8 Å². The molecule has 11 heteroatoms. The fraction of sp³-hybridized carbons (Fsp3) is 0.333. The lowest BCUT2D eigenvalue weighted by Gasteiger charge is -2.50. The van der Waals surface area contributed by atoms with Gasteiger partial charge in [-0.2, -0.15) is 0 Å². The number of phenols is 1. The smallest absolute Gasteiger partial charge is 0.188 e. The van der Waals surface area contributed by atoms with E-state index in [1.807, 2.05) is 37.3 Å². The molecule has 1 fully saturated rings. The van der Waals surface area contributed by atoms with Crippen molar-refractivity contribution >= 4 is 45.3 Å². The molecule has 2 aromatic carbocycles. The lowest BCUT2D eigenvalue weighted by atomic mass is 9.56. The van der Waals surface area contributed by atoms with E-state index in [1.54, 1.807) is 38.1 Å². The number of likely N-dealkylation sites (N-methyl/N-ethyl adjacent to an activating group) is 1. The number of carbonyl (C=O) groups excluding carboxylic acids is 3. The number of ketones is 3. The SMILES string of the molecule is CC(=O)C1=C(O)[C@@H](N(C)C)C2C(C1=O)C(=O)C1=C(O)c3c(ccc(Nc4nc(-c5ccccc5)c(C)s4)c3O)[C@H](C)C1[C@@H]2O. The summed E-state index contributed by atoms with van der Waals surface area (Å²) in [5.74, 6) is -7.63. The third kappa shape index (κ3) is 4.29. The molecule has 44 heavy (non-hydrogen) atoms. The second kappa shape index (κ2) is 10.7. The molecular weight excluding hydrogens is 582 g/mol. The molecular formula is C33H33N3O7S. The molecule has 0 aliphatic heterocycles. The molecule has 3 unspecified atom stereocenters.